The molecule has 0 bridgehead atoms. The van der Waals surface area contributed by atoms with E-state index in [-0.39, 0.29) is 0 Å². The van der Waals surface area contributed by atoms with Crippen LogP contribution in [0.25, 0.3) is 11.0 Å². The van der Waals surface area contributed by atoms with E-state index in [1.54, 1.807) is 31.4 Å². The number of hydrogen-bond donors (Lipinski definition) is 2. The van der Waals surface area contributed by atoms with E-state index in [0.29, 0.717) is 28.2 Å². The van der Waals surface area contributed by atoms with Gasteiger partial charge in [-0.2, -0.15) is 5.06 Å². The zero-order valence-electron chi connectivity index (χ0n) is 24.4. The van der Waals surface area contributed by atoms with E-state index in [2.05, 4.69) is 17.9 Å². The number of furan rings is 1. The molecule has 4 aromatic rings. The molecule has 1 aliphatic heterocycles. The number of carbonyl (C=O) groups excluding carboxylic acids is 1. The summed E-state index contributed by atoms with van der Waals surface area (Å²) in [6.45, 7) is 5.84. The van der Waals surface area contributed by atoms with E-state index in [0.717, 1.165) is 47.7 Å². The topological polar surface area (TPSA) is 105 Å². The number of hydroxylamine groups is 2. The summed E-state index contributed by atoms with van der Waals surface area (Å²) in [6.07, 6.45) is 5.63. The number of nitrogens with two attached hydrogens (primary N) is 1. The lowest BCUT2D eigenvalue weighted by Gasteiger charge is -2.30. The van der Waals surface area contributed by atoms with E-state index in [4.69, 9.17) is 25.1 Å². The van der Waals surface area contributed by atoms with Gasteiger partial charge in [-0.1, -0.05) is 49.4 Å². The number of benzene rings is 3. The number of piperidine rings is 1. The number of carbonyl (C=O) groups is 1. The highest BCUT2D eigenvalue weighted by molar-refractivity contribution is 5.90. The maximum Gasteiger partial charge on any atom is 0.363 e. The zero-order chi connectivity index (χ0) is 29.5. The number of likely N-dealkylation sites (tertiary alicyclic amines) is 1. The van der Waals surface area contributed by atoms with Crippen LogP contribution in [0.15, 0.2) is 83.3 Å². The largest absolute Gasteiger partial charge is 0.496 e. The summed E-state index contributed by atoms with van der Waals surface area (Å²) in [6, 6.07) is 23.4. The van der Waals surface area contributed by atoms with Gasteiger partial charge in [-0.05, 0) is 99.6 Å². The van der Waals surface area contributed by atoms with Crippen LogP contribution >= 0.6 is 0 Å². The van der Waals surface area contributed by atoms with Crippen molar-refractivity contribution in [2.24, 2.45) is 11.7 Å². The summed E-state index contributed by atoms with van der Waals surface area (Å²) in [4.78, 5) is 21.5. The number of methoxy groups -OCH3 is 1. The van der Waals surface area contributed by atoms with E-state index in [1.807, 2.05) is 48.5 Å². The molecule has 1 unspecified atom stereocenters. The summed E-state index contributed by atoms with van der Waals surface area (Å²) in [7, 11) is 1.60. The molecule has 1 aromatic heterocycles. The first kappa shape index (κ1) is 29.2. The normalized spacial score (nSPS) is 14.9. The maximum absolute atomic E-state index is 13.2. The van der Waals surface area contributed by atoms with E-state index < -0.39 is 18.0 Å². The first-order chi connectivity index (χ1) is 20.4. The molecular weight excluding hydrogens is 528 g/mol. The lowest BCUT2D eigenvalue weighted by atomic mass is 9.97. The van der Waals surface area contributed by atoms with Gasteiger partial charge >= 0.3 is 5.97 Å². The molecule has 1 fully saturated rings. The molecule has 3 aromatic carbocycles. The van der Waals surface area contributed by atoms with Crippen LogP contribution in [-0.4, -0.2) is 48.6 Å². The standard InChI is InChI=1S/C34H40N4O4/c1-24-17-20-37(21-18-24)19-9-8-10-25-15-16-30(40-2)28(22-25)32(31-23-27-13-6-7-14-29(27)41-31)38(34(35)36)42-33(39)26-11-4-3-5-12-26/h3-7,11-16,22-24,32H,8-10,17-21H2,1-2H3,(H3,35,36). The van der Waals surface area contributed by atoms with Gasteiger partial charge in [0.25, 0.3) is 0 Å². The summed E-state index contributed by atoms with van der Waals surface area (Å²) < 4.78 is 12.1. The van der Waals surface area contributed by atoms with Gasteiger partial charge in [-0.3, -0.25) is 5.41 Å². The summed E-state index contributed by atoms with van der Waals surface area (Å²) >= 11 is 0. The van der Waals surface area contributed by atoms with Gasteiger partial charge in [0.1, 0.15) is 17.1 Å². The van der Waals surface area contributed by atoms with Gasteiger partial charge in [0.15, 0.2) is 6.04 Å². The molecule has 0 saturated carbocycles. The van der Waals surface area contributed by atoms with Crippen molar-refractivity contribution in [2.75, 3.05) is 26.7 Å². The average Bonchev–Trinajstić information content (AvgIpc) is 3.44. The van der Waals surface area contributed by atoms with Crippen molar-refractivity contribution in [1.82, 2.24) is 9.96 Å². The molecule has 5 rings (SSSR count). The van der Waals surface area contributed by atoms with Crippen molar-refractivity contribution in [3.63, 3.8) is 0 Å². The summed E-state index contributed by atoms with van der Waals surface area (Å²) in [5.74, 6) is 0.818. The Hall–Kier alpha value is -4.30. The Kier molecular flexibility index (Phi) is 9.44. The van der Waals surface area contributed by atoms with Crippen molar-refractivity contribution in [3.05, 3.63) is 101 Å². The highest BCUT2D eigenvalue weighted by Crippen LogP contribution is 2.38. The van der Waals surface area contributed by atoms with Crippen LogP contribution in [-0.2, 0) is 11.3 Å². The first-order valence-electron chi connectivity index (χ1n) is 14.7. The fourth-order valence-corrected chi connectivity index (χ4v) is 5.59. The third-order valence-electron chi connectivity index (χ3n) is 8.03. The Bertz CT molecular complexity index is 1460. The second-order valence-electron chi connectivity index (χ2n) is 11.1. The van der Waals surface area contributed by atoms with Crippen LogP contribution in [0.4, 0.5) is 0 Å². The van der Waals surface area contributed by atoms with Crippen LogP contribution in [0.2, 0.25) is 0 Å². The minimum absolute atomic E-state index is 0.344. The van der Waals surface area contributed by atoms with Crippen LogP contribution < -0.4 is 10.5 Å². The number of ether oxygens (including phenoxy) is 1. The Morgan fingerprint density at radius 1 is 1.05 bits per heavy atom. The van der Waals surface area contributed by atoms with Crippen molar-refractivity contribution in [3.8, 4) is 5.75 Å². The van der Waals surface area contributed by atoms with E-state index >= 15 is 0 Å². The third kappa shape index (κ3) is 6.94. The highest BCUT2D eigenvalue weighted by Gasteiger charge is 2.33. The zero-order valence-corrected chi connectivity index (χ0v) is 24.4. The predicted molar refractivity (Wildman–Crippen MR) is 164 cm³/mol. The first-order valence-corrected chi connectivity index (χ1v) is 14.7. The van der Waals surface area contributed by atoms with Gasteiger partial charge in [0.05, 0.1) is 12.7 Å². The Balaban J connectivity index is 1.44. The minimum Gasteiger partial charge on any atom is -0.496 e. The second-order valence-corrected chi connectivity index (χ2v) is 11.1. The fourth-order valence-electron chi connectivity index (χ4n) is 5.59. The lowest BCUT2D eigenvalue weighted by molar-refractivity contribution is -0.0791. The van der Waals surface area contributed by atoms with Crippen LogP contribution in [0.3, 0.4) is 0 Å². The van der Waals surface area contributed by atoms with Crippen LogP contribution in [0.5, 0.6) is 5.75 Å². The number of aryl methyl sites for hydroxylation is 1. The van der Waals surface area contributed by atoms with Gasteiger partial charge in [-0.25, -0.2) is 4.79 Å². The quantitative estimate of drug-likeness (QED) is 0.0967. The molecule has 0 aliphatic carbocycles. The maximum atomic E-state index is 13.2. The number of rotatable bonds is 10. The van der Waals surface area contributed by atoms with Gasteiger partial charge < -0.3 is 24.6 Å². The molecule has 0 radical (unpaired) electrons. The van der Waals surface area contributed by atoms with E-state index in [1.165, 1.54) is 25.9 Å². The number of hydrogen-bond acceptors (Lipinski definition) is 6. The van der Waals surface area contributed by atoms with Gasteiger partial charge in [0, 0.05) is 10.9 Å². The highest BCUT2D eigenvalue weighted by atomic mass is 16.7. The number of unbranched alkanes of at least 4 members (excludes halogenated alkanes) is 1. The number of fused-ring (bicyclic) bond motifs is 1. The molecule has 0 amide bonds. The van der Waals surface area contributed by atoms with Crippen molar-refractivity contribution < 1.29 is 18.8 Å². The average molecular weight is 569 g/mol. The molecule has 2 heterocycles. The van der Waals surface area contributed by atoms with Crippen LogP contribution in [0, 0.1) is 11.3 Å². The smallest absolute Gasteiger partial charge is 0.363 e. The third-order valence-corrected chi connectivity index (χ3v) is 8.03. The summed E-state index contributed by atoms with van der Waals surface area (Å²) in [5, 5.41) is 10.4. The number of nitrogens with zero attached hydrogens (tertiary/aromatic N) is 2. The minimum atomic E-state index is -0.854. The van der Waals surface area contributed by atoms with Crippen LogP contribution in [0.1, 0.15) is 65.9 Å². The van der Waals surface area contributed by atoms with E-state index in [9.17, 15) is 4.79 Å². The molecule has 8 nitrogen and oxygen atoms in total. The molecule has 42 heavy (non-hydrogen) atoms. The Morgan fingerprint density at radius 2 is 1.79 bits per heavy atom. The monoisotopic (exact) mass is 568 g/mol. The van der Waals surface area contributed by atoms with Gasteiger partial charge in [0.2, 0.25) is 5.96 Å². The van der Waals surface area contributed by atoms with Crippen molar-refractivity contribution in [2.45, 2.75) is 45.1 Å². The summed E-state index contributed by atoms with van der Waals surface area (Å²) in [5.41, 5.74) is 8.92. The van der Waals surface area contributed by atoms with Gasteiger partial charge in [-0.15, -0.1) is 0 Å². The lowest BCUT2D eigenvalue weighted by Crippen LogP contribution is -2.41. The molecule has 3 N–H and O–H groups in total. The molecule has 8 heteroatoms. The number of guanidine groups is 1. The molecule has 1 aliphatic rings. The SMILES string of the molecule is COc1ccc(CCCCN2CCC(C)CC2)cc1C(c1cc2ccccc2o1)N(OC(=O)c1ccccc1)C(=N)N. The molecule has 220 valence electrons. The van der Waals surface area contributed by atoms with Crippen molar-refractivity contribution in [1.29, 1.82) is 5.41 Å². The number of para-hydroxylation sites is 1. The Morgan fingerprint density at radius 3 is 2.50 bits per heavy atom. The van der Waals surface area contributed by atoms with Crippen molar-refractivity contribution >= 4 is 22.9 Å². The molecule has 1 saturated heterocycles. The fraction of sp³-hybridized carbons (Fsp3) is 0.353. The molecule has 1 atom stereocenters. The molecular formula is C34H40N4O4. The number of nitrogens with one attached hydrogen (secondary N) is 1. The Labute approximate surface area is 247 Å². The predicted octanol–water partition coefficient (Wildman–Crippen LogP) is 6.55. The molecule has 0 spiro atoms. The second kappa shape index (κ2) is 13.6.